The average molecular weight is 337 g/mol. The SMILES string of the molecule is CCC(C)NC(=O)c1cccc(CNC(=O)[C@@H](N)CCSC)c1. The van der Waals surface area contributed by atoms with Crippen molar-refractivity contribution in [3.05, 3.63) is 35.4 Å². The minimum absolute atomic E-state index is 0.0933. The van der Waals surface area contributed by atoms with Gasteiger partial charge >= 0.3 is 0 Å². The van der Waals surface area contributed by atoms with E-state index in [1.54, 1.807) is 23.9 Å². The van der Waals surface area contributed by atoms with Crippen molar-refractivity contribution < 1.29 is 9.59 Å². The van der Waals surface area contributed by atoms with Crippen molar-refractivity contribution in [3.63, 3.8) is 0 Å². The first-order valence-electron chi connectivity index (χ1n) is 7.90. The Kier molecular flexibility index (Phi) is 8.73. The van der Waals surface area contributed by atoms with Gasteiger partial charge in [-0.3, -0.25) is 9.59 Å². The van der Waals surface area contributed by atoms with E-state index in [1.165, 1.54) is 0 Å². The predicted molar refractivity (Wildman–Crippen MR) is 96.5 cm³/mol. The molecule has 1 aromatic rings. The van der Waals surface area contributed by atoms with Crippen molar-refractivity contribution in [2.24, 2.45) is 5.73 Å². The lowest BCUT2D eigenvalue weighted by Gasteiger charge is -2.13. The highest BCUT2D eigenvalue weighted by molar-refractivity contribution is 7.98. The third kappa shape index (κ3) is 7.05. The summed E-state index contributed by atoms with van der Waals surface area (Å²) >= 11 is 1.67. The highest BCUT2D eigenvalue weighted by Gasteiger charge is 2.13. The molecule has 0 aliphatic carbocycles. The van der Waals surface area contributed by atoms with E-state index in [0.717, 1.165) is 17.7 Å². The lowest BCUT2D eigenvalue weighted by Crippen LogP contribution is -2.40. The summed E-state index contributed by atoms with van der Waals surface area (Å²) in [7, 11) is 0. The van der Waals surface area contributed by atoms with Gasteiger partial charge in [0.25, 0.3) is 5.91 Å². The highest BCUT2D eigenvalue weighted by atomic mass is 32.2. The zero-order chi connectivity index (χ0) is 17.2. The molecule has 128 valence electrons. The smallest absolute Gasteiger partial charge is 0.251 e. The quantitative estimate of drug-likeness (QED) is 0.643. The second-order valence-electron chi connectivity index (χ2n) is 5.59. The number of rotatable bonds is 9. The van der Waals surface area contributed by atoms with Crippen molar-refractivity contribution >= 4 is 23.6 Å². The van der Waals surface area contributed by atoms with Crippen molar-refractivity contribution in [3.8, 4) is 0 Å². The predicted octanol–water partition coefficient (Wildman–Crippen LogP) is 1.91. The van der Waals surface area contributed by atoms with Crippen LogP contribution in [0.5, 0.6) is 0 Å². The van der Waals surface area contributed by atoms with Gasteiger partial charge in [0.05, 0.1) is 6.04 Å². The van der Waals surface area contributed by atoms with Crippen LogP contribution in [0.25, 0.3) is 0 Å². The standard InChI is InChI=1S/C17H27N3O2S/c1-4-12(2)20-16(21)14-7-5-6-13(10-14)11-19-17(22)15(18)8-9-23-3/h5-7,10,12,15H,4,8-9,11,18H2,1-3H3,(H,19,22)(H,20,21)/t12?,15-/m0/s1. The van der Waals surface area contributed by atoms with Crippen LogP contribution in [-0.4, -0.2) is 35.9 Å². The van der Waals surface area contributed by atoms with E-state index in [1.807, 2.05) is 32.2 Å². The summed E-state index contributed by atoms with van der Waals surface area (Å²) in [5.41, 5.74) is 7.31. The molecule has 2 atom stereocenters. The van der Waals surface area contributed by atoms with Crippen molar-refractivity contribution in [1.29, 1.82) is 0 Å². The maximum Gasteiger partial charge on any atom is 0.251 e. The monoisotopic (exact) mass is 337 g/mol. The van der Waals surface area contributed by atoms with Crippen LogP contribution in [0.4, 0.5) is 0 Å². The molecular weight excluding hydrogens is 310 g/mol. The second-order valence-corrected chi connectivity index (χ2v) is 6.57. The molecule has 0 saturated carbocycles. The summed E-state index contributed by atoms with van der Waals surface area (Å²) in [6, 6.07) is 6.92. The Hall–Kier alpha value is -1.53. The maximum absolute atomic E-state index is 12.1. The summed E-state index contributed by atoms with van der Waals surface area (Å²) in [5, 5.41) is 5.75. The topological polar surface area (TPSA) is 84.2 Å². The van der Waals surface area contributed by atoms with Crippen molar-refractivity contribution in [2.45, 2.75) is 45.3 Å². The van der Waals surface area contributed by atoms with E-state index in [2.05, 4.69) is 10.6 Å². The van der Waals surface area contributed by atoms with Crippen molar-refractivity contribution in [2.75, 3.05) is 12.0 Å². The fourth-order valence-corrected chi connectivity index (χ4v) is 2.42. The number of carbonyl (C=O) groups is 2. The lowest BCUT2D eigenvalue weighted by atomic mass is 10.1. The minimum atomic E-state index is -0.487. The molecule has 0 fully saturated rings. The molecule has 23 heavy (non-hydrogen) atoms. The van der Waals surface area contributed by atoms with E-state index in [9.17, 15) is 9.59 Å². The number of thioether (sulfide) groups is 1. The van der Waals surface area contributed by atoms with Gasteiger partial charge in [-0.1, -0.05) is 19.1 Å². The van der Waals surface area contributed by atoms with Crippen LogP contribution in [0.3, 0.4) is 0 Å². The van der Waals surface area contributed by atoms with Crippen LogP contribution in [0.2, 0.25) is 0 Å². The Labute approximate surface area is 142 Å². The number of hydrogen-bond acceptors (Lipinski definition) is 4. The molecule has 0 aromatic heterocycles. The van der Waals surface area contributed by atoms with E-state index in [-0.39, 0.29) is 17.9 Å². The average Bonchev–Trinajstić information content (AvgIpc) is 2.57. The summed E-state index contributed by atoms with van der Waals surface area (Å²) in [5.74, 6) is 0.609. The Morgan fingerprint density at radius 2 is 2.09 bits per heavy atom. The molecule has 0 spiro atoms. The first kappa shape index (κ1) is 19.5. The number of nitrogens with two attached hydrogens (primary N) is 1. The van der Waals surface area contributed by atoms with E-state index in [0.29, 0.717) is 18.5 Å². The van der Waals surface area contributed by atoms with Crippen LogP contribution < -0.4 is 16.4 Å². The largest absolute Gasteiger partial charge is 0.351 e. The van der Waals surface area contributed by atoms with Crippen LogP contribution in [0, 0.1) is 0 Å². The molecule has 2 amide bonds. The summed E-state index contributed by atoms with van der Waals surface area (Å²) in [6.07, 6.45) is 3.53. The van der Waals surface area contributed by atoms with Gasteiger partial charge in [0, 0.05) is 18.2 Å². The summed E-state index contributed by atoms with van der Waals surface area (Å²) in [4.78, 5) is 24.0. The van der Waals surface area contributed by atoms with Crippen LogP contribution in [0.15, 0.2) is 24.3 Å². The molecule has 5 nitrogen and oxygen atoms in total. The normalized spacial score (nSPS) is 13.2. The van der Waals surface area contributed by atoms with Gasteiger partial charge in [-0.05, 0) is 49.5 Å². The van der Waals surface area contributed by atoms with Crippen LogP contribution >= 0.6 is 11.8 Å². The lowest BCUT2D eigenvalue weighted by molar-refractivity contribution is -0.122. The number of carbonyl (C=O) groups excluding carboxylic acids is 2. The Balaban J connectivity index is 2.57. The molecular formula is C17H27N3O2S. The van der Waals surface area contributed by atoms with E-state index >= 15 is 0 Å². The molecule has 0 aliphatic heterocycles. The Morgan fingerprint density at radius 3 is 2.74 bits per heavy atom. The third-order valence-electron chi connectivity index (χ3n) is 3.62. The molecule has 4 N–H and O–H groups in total. The first-order valence-corrected chi connectivity index (χ1v) is 9.29. The van der Waals surface area contributed by atoms with Gasteiger partial charge in [0.15, 0.2) is 0 Å². The Morgan fingerprint density at radius 1 is 1.35 bits per heavy atom. The molecule has 0 radical (unpaired) electrons. The molecule has 0 heterocycles. The number of nitrogens with one attached hydrogen (secondary N) is 2. The molecule has 0 bridgehead atoms. The van der Waals surface area contributed by atoms with Crippen LogP contribution in [-0.2, 0) is 11.3 Å². The van der Waals surface area contributed by atoms with Crippen molar-refractivity contribution in [1.82, 2.24) is 10.6 Å². The molecule has 6 heteroatoms. The molecule has 1 rings (SSSR count). The molecule has 1 aromatic carbocycles. The summed E-state index contributed by atoms with van der Waals surface area (Å²) < 4.78 is 0. The van der Waals surface area contributed by atoms with E-state index < -0.39 is 6.04 Å². The molecule has 0 aliphatic rings. The second kappa shape index (κ2) is 10.3. The van der Waals surface area contributed by atoms with Crippen LogP contribution in [0.1, 0.15) is 42.6 Å². The number of benzene rings is 1. The zero-order valence-corrected chi connectivity index (χ0v) is 14.9. The van der Waals surface area contributed by atoms with Gasteiger partial charge in [-0.15, -0.1) is 0 Å². The van der Waals surface area contributed by atoms with Gasteiger partial charge in [0.1, 0.15) is 0 Å². The molecule has 1 unspecified atom stereocenters. The van der Waals surface area contributed by atoms with Gasteiger partial charge in [-0.25, -0.2) is 0 Å². The third-order valence-corrected chi connectivity index (χ3v) is 4.26. The van der Waals surface area contributed by atoms with Gasteiger partial charge < -0.3 is 16.4 Å². The van der Waals surface area contributed by atoms with E-state index in [4.69, 9.17) is 5.73 Å². The maximum atomic E-state index is 12.1. The minimum Gasteiger partial charge on any atom is -0.351 e. The number of hydrogen-bond donors (Lipinski definition) is 3. The highest BCUT2D eigenvalue weighted by Crippen LogP contribution is 2.07. The van der Waals surface area contributed by atoms with Gasteiger partial charge in [-0.2, -0.15) is 11.8 Å². The Bertz CT molecular complexity index is 522. The fourth-order valence-electron chi connectivity index (χ4n) is 1.93. The number of amides is 2. The fraction of sp³-hybridized carbons (Fsp3) is 0.529. The first-order chi connectivity index (χ1) is 11.0. The summed E-state index contributed by atoms with van der Waals surface area (Å²) in [6.45, 7) is 4.37. The zero-order valence-electron chi connectivity index (χ0n) is 14.1. The van der Waals surface area contributed by atoms with Gasteiger partial charge in [0.2, 0.25) is 5.91 Å². The molecule has 0 saturated heterocycles.